The highest BCUT2D eigenvalue weighted by Gasteiger charge is 2.32. The van der Waals surface area contributed by atoms with Gasteiger partial charge < -0.3 is 10.1 Å². The number of nitrogens with zero attached hydrogens (tertiary/aromatic N) is 2. The zero-order chi connectivity index (χ0) is 18.8. The Balaban J connectivity index is 1.61. The van der Waals surface area contributed by atoms with E-state index in [0.717, 1.165) is 16.1 Å². The van der Waals surface area contributed by atoms with Gasteiger partial charge in [-0.3, -0.25) is 4.79 Å². The van der Waals surface area contributed by atoms with Gasteiger partial charge in [-0.25, -0.2) is 9.48 Å². The zero-order valence-electron chi connectivity index (χ0n) is 14.6. The normalized spacial score (nSPS) is 15.7. The van der Waals surface area contributed by atoms with Crippen molar-refractivity contribution in [3.05, 3.63) is 71.9 Å². The molecule has 0 spiro atoms. The third-order valence-electron chi connectivity index (χ3n) is 4.38. The van der Waals surface area contributed by atoms with Crippen LogP contribution in [0.5, 0.6) is 0 Å². The molecule has 27 heavy (non-hydrogen) atoms. The van der Waals surface area contributed by atoms with Gasteiger partial charge in [0, 0.05) is 6.42 Å². The molecule has 0 saturated heterocycles. The second kappa shape index (κ2) is 7.28. The first-order valence-corrected chi connectivity index (χ1v) is 9.67. The molecule has 1 N–H and O–H groups in total. The number of fused-ring (bicyclic) bond motifs is 1. The molecule has 6 nitrogen and oxygen atoms in total. The van der Waals surface area contributed by atoms with Crippen molar-refractivity contribution in [2.75, 3.05) is 11.6 Å². The molecule has 136 valence electrons. The Morgan fingerprint density at radius 3 is 2.70 bits per heavy atom. The van der Waals surface area contributed by atoms with Gasteiger partial charge in [-0.05, 0) is 30.0 Å². The van der Waals surface area contributed by atoms with Crippen LogP contribution in [-0.2, 0) is 16.0 Å². The molecule has 1 amide bonds. The van der Waals surface area contributed by atoms with Gasteiger partial charge in [-0.1, -0.05) is 36.4 Å². The fourth-order valence-electron chi connectivity index (χ4n) is 3.04. The maximum absolute atomic E-state index is 12.8. The van der Waals surface area contributed by atoms with Gasteiger partial charge in [0.25, 0.3) is 5.91 Å². The Labute approximate surface area is 160 Å². The lowest BCUT2D eigenvalue weighted by Crippen LogP contribution is -2.38. The molecule has 0 bridgehead atoms. The van der Waals surface area contributed by atoms with Crippen LogP contribution in [-0.4, -0.2) is 34.0 Å². The molecule has 1 aliphatic heterocycles. The monoisotopic (exact) mass is 379 g/mol. The summed E-state index contributed by atoms with van der Waals surface area (Å²) >= 11 is 1.48. The summed E-state index contributed by atoms with van der Waals surface area (Å²) in [4.78, 5) is 25.9. The van der Waals surface area contributed by atoms with Gasteiger partial charge in [-0.2, -0.15) is 5.10 Å². The number of rotatable bonds is 4. The van der Waals surface area contributed by atoms with E-state index < -0.39 is 12.1 Å². The van der Waals surface area contributed by atoms with Crippen LogP contribution in [0.1, 0.15) is 15.9 Å². The second-order valence-corrected chi connectivity index (χ2v) is 6.90. The molecule has 0 unspecified atom stereocenters. The molecule has 4 rings (SSSR count). The molecule has 0 fully saturated rings. The van der Waals surface area contributed by atoms with E-state index in [4.69, 9.17) is 4.74 Å². The molecule has 2 heterocycles. The standard InChI is InChI=1S/C20H17N3O3S/c1-27-17-12-21-23(14-8-3-2-4-9-14)18(17)22-19(24)16-11-13-7-5-6-10-15(13)20(25)26-16/h2-10,12,16H,11H2,1H3,(H,22,24)/t16-/m0/s1. The molecular formula is C20H17N3O3S. The van der Waals surface area contributed by atoms with Crippen LogP contribution in [0.3, 0.4) is 0 Å². The molecule has 1 aromatic heterocycles. The van der Waals surface area contributed by atoms with Gasteiger partial charge in [0.1, 0.15) is 5.82 Å². The minimum atomic E-state index is -0.874. The Morgan fingerprint density at radius 2 is 1.93 bits per heavy atom. The summed E-state index contributed by atoms with van der Waals surface area (Å²) in [6.07, 6.45) is 3.09. The van der Waals surface area contributed by atoms with Crippen molar-refractivity contribution in [1.82, 2.24) is 9.78 Å². The number of aromatic nitrogens is 2. The maximum Gasteiger partial charge on any atom is 0.339 e. The number of cyclic esters (lactones) is 1. The summed E-state index contributed by atoms with van der Waals surface area (Å²) in [6, 6.07) is 16.7. The predicted octanol–water partition coefficient (Wildman–Crippen LogP) is 3.31. The molecule has 2 aromatic carbocycles. The largest absolute Gasteiger partial charge is 0.448 e. The topological polar surface area (TPSA) is 73.2 Å². The van der Waals surface area contributed by atoms with Crippen molar-refractivity contribution in [2.45, 2.75) is 17.4 Å². The molecule has 0 aliphatic carbocycles. The lowest BCUT2D eigenvalue weighted by atomic mass is 9.98. The molecule has 7 heteroatoms. The summed E-state index contributed by atoms with van der Waals surface area (Å²) in [5.41, 5.74) is 2.16. The van der Waals surface area contributed by atoms with Crippen molar-refractivity contribution in [3.8, 4) is 5.69 Å². The lowest BCUT2D eigenvalue weighted by molar-refractivity contribution is -0.125. The number of anilines is 1. The van der Waals surface area contributed by atoms with E-state index in [2.05, 4.69) is 10.4 Å². The van der Waals surface area contributed by atoms with E-state index in [1.165, 1.54) is 11.8 Å². The Morgan fingerprint density at radius 1 is 1.19 bits per heavy atom. The Bertz CT molecular complexity index is 1000. The van der Waals surface area contributed by atoms with Crippen molar-refractivity contribution >= 4 is 29.5 Å². The summed E-state index contributed by atoms with van der Waals surface area (Å²) in [7, 11) is 0. The van der Waals surface area contributed by atoms with Crippen molar-refractivity contribution < 1.29 is 14.3 Å². The number of para-hydroxylation sites is 1. The van der Waals surface area contributed by atoms with E-state index in [1.807, 2.05) is 48.7 Å². The molecular weight excluding hydrogens is 362 g/mol. The SMILES string of the molecule is CSc1cnn(-c2ccccc2)c1NC(=O)[C@@H]1Cc2ccccc2C(=O)O1. The quantitative estimate of drug-likeness (QED) is 0.556. The van der Waals surface area contributed by atoms with Crippen molar-refractivity contribution in [1.29, 1.82) is 0 Å². The number of benzene rings is 2. The molecule has 0 radical (unpaired) electrons. The van der Waals surface area contributed by atoms with Crippen LogP contribution in [0.2, 0.25) is 0 Å². The number of ether oxygens (including phenoxy) is 1. The van der Waals surface area contributed by atoms with Crippen molar-refractivity contribution in [3.63, 3.8) is 0 Å². The summed E-state index contributed by atoms with van der Waals surface area (Å²) in [5, 5.41) is 7.27. The zero-order valence-corrected chi connectivity index (χ0v) is 15.4. The molecule has 3 aromatic rings. The fraction of sp³-hybridized carbons (Fsp3) is 0.150. The minimum Gasteiger partial charge on any atom is -0.448 e. The number of hydrogen-bond donors (Lipinski definition) is 1. The van der Waals surface area contributed by atoms with Gasteiger partial charge in [0.05, 0.1) is 22.3 Å². The smallest absolute Gasteiger partial charge is 0.339 e. The van der Waals surface area contributed by atoms with E-state index >= 15 is 0 Å². The van der Waals surface area contributed by atoms with E-state index in [1.54, 1.807) is 23.0 Å². The molecule has 0 saturated carbocycles. The summed E-state index contributed by atoms with van der Waals surface area (Å²) < 4.78 is 7.02. The first-order chi connectivity index (χ1) is 13.2. The Hall–Kier alpha value is -3.06. The third-order valence-corrected chi connectivity index (χ3v) is 5.12. The van der Waals surface area contributed by atoms with Crippen molar-refractivity contribution in [2.24, 2.45) is 0 Å². The van der Waals surface area contributed by atoms with E-state index in [9.17, 15) is 9.59 Å². The van der Waals surface area contributed by atoms with Crippen LogP contribution >= 0.6 is 11.8 Å². The highest BCUT2D eigenvalue weighted by molar-refractivity contribution is 7.98. The highest BCUT2D eigenvalue weighted by Crippen LogP contribution is 2.29. The number of nitrogens with one attached hydrogen (secondary N) is 1. The van der Waals surface area contributed by atoms with E-state index in [-0.39, 0.29) is 5.91 Å². The average Bonchev–Trinajstić information content (AvgIpc) is 3.11. The maximum atomic E-state index is 12.8. The number of hydrogen-bond acceptors (Lipinski definition) is 5. The van der Waals surface area contributed by atoms with Crippen LogP contribution < -0.4 is 5.32 Å². The second-order valence-electron chi connectivity index (χ2n) is 6.05. The summed E-state index contributed by atoms with van der Waals surface area (Å²) in [5.74, 6) is -0.280. The predicted molar refractivity (Wildman–Crippen MR) is 103 cm³/mol. The van der Waals surface area contributed by atoms with Gasteiger partial charge in [0.15, 0.2) is 6.10 Å². The Kier molecular flexibility index (Phi) is 4.68. The average molecular weight is 379 g/mol. The first-order valence-electron chi connectivity index (χ1n) is 8.44. The van der Waals surface area contributed by atoms with Crippen LogP contribution in [0, 0.1) is 0 Å². The number of carbonyl (C=O) groups is 2. The fourth-order valence-corrected chi connectivity index (χ4v) is 3.52. The van der Waals surface area contributed by atoms with Crippen LogP contribution in [0.4, 0.5) is 5.82 Å². The molecule has 1 atom stereocenters. The van der Waals surface area contributed by atoms with E-state index in [0.29, 0.717) is 17.8 Å². The van der Waals surface area contributed by atoms with Crippen LogP contribution in [0.15, 0.2) is 65.7 Å². The number of thioether (sulfide) groups is 1. The van der Waals surface area contributed by atoms with Crippen LogP contribution in [0.25, 0.3) is 5.69 Å². The van der Waals surface area contributed by atoms with Gasteiger partial charge >= 0.3 is 5.97 Å². The number of esters is 1. The molecule has 1 aliphatic rings. The lowest BCUT2D eigenvalue weighted by Gasteiger charge is -2.24. The number of carbonyl (C=O) groups excluding carboxylic acids is 2. The first kappa shape index (κ1) is 17.4. The minimum absolute atomic E-state index is 0.349. The van der Waals surface area contributed by atoms with Gasteiger partial charge in [0.2, 0.25) is 0 Å². The third kappa shape index (κ3) is 3.33. The summed E-state index contributed by atoms with van der Waals surface area (Å²) in [6.45, 7) is 0. The van der Waals surface area contributed by atoms with Gasteiger partial charge in [-0.15, -0.1) is 11.8 Å². The number of amides is 1. The highest BCUT2D eigenvalue weighted by atomic mass is 32.2.